The molecule has 1 saturated heterocycles. The van der Waals surface area contributed by atoms with Crippen LogP contribution in [0.15, 0.2) is 54.2 Å². The maximum absolute atomic E-state index is 12.4. The molecule has 7 heteroatoms. The Balaban J connectivity index is 1.51. The summed E-state index contributed by atoms with van der Waals surface area (Å²) in [6.45, 7) is 2.25. The van der Waals surface area contributed by atoms with E-state index in [1.807, 2.05) is 5.38 Å². The lowest BCUT2D eigenvalue weighted by Crippen LogP contribution is -2.37. The highest BCUT2D eigenvalue weighted by atomic mass is 32.1. The first kappa shape index (κ1) is 16.7. The number of benzene rings is 1. The lowest BCUT2D eigenvalue weighted by Gasteiger charge is -2.17. The summed E-state index contributed by atoms with van der Waals surface area (Å²) in [5.41, 5.74) is 3.50. The second kappa shape index (κ2) is 7.23. The van der Waals surface area contributed by atoms with Crippen molar-refractivity contribution in [1.29, 1.82) is 0 Å². The van der Waals surface area contributed by atoms with Crippen molar-refractivity contribution in [2.75, 3.05) is 23.0 Å². The van der Waals surface area contributed by atoms with E-state index in [1.165, 1.54) is 36.1 Å². The average Bonchev–Trinajstić information content (AvgIpc) is 3.40. The van der Waals surface area contributed by atoms with E-state index in [2.05, 4.69) is 39.1 Å². The van der Waals surface area contributed by atoms with E-state index in [0.29, 0.717) is 10.7 Å². The van der Waals surface area contributed by atoms with E-state index < -0.39 is 0 Å². The van der Waals surface area contributed by atoms with Crippen LogP contribution < -0.4 is 15.8 Å². The standard InChI is InChI=1S/C19H19N5OS/c20-24(18(25)15-4-3-9-21-12-15)19-22-17(13-26-19)14-5-7-16(8-6-14)23-10-1-2-11-23/h3-9,12-13H,1-2,10-11,20H2. The molecule has 132 valence electrons. The van der Waals surface area contributed by atoms with Gasteiger partial charge in [0, 0.05) is 42.1 Å². The van der Waals surface area contributed by atoms with Gasteiger partial charge in [0.15, 0.2) is 0 Å². The fourth-order valence-corrected chi connectivity index (χ4v) is 3.79. The minimum Gasteiger partial charge on any atom is -0.372 e. The Morgan fingerprint density at radius 1 is 1.15 bits per heavy atom. The molecule has 0 spiro atoms. The van der Waals surface area contributed by atoms with Gasteiger partial charge in [-0.25, -0.2) is 15.8 Å². The SMILES string of the molecule is NN(C(=O)c1cccnc1)c1nc(-c2ccc(N3CCCC3)cc2)cs1. The molecule has 2 N–H and O–H groups in total. The summed E-state index contributed by atoms with van der Waals surface area (Å²) in [5.74, 6) is 5.64. The van der Waals surface area contributed by atoms with Gasteiger partial charge < -0.3 is 4.90 Å². The second-order valence-electron chi connectivity index (χ2n) is 6.17. The average molecular weight is 365 g/mol. The molecule has 1 aromatic carbocycles. The van der Waals surface area contributed by atoms with Crippen molar-refractivity contribution in [1.82, 2.24) is 9.97 Å². The van der Waals surface area contributed by atoms with E-state index in [1.54, 1.807) is 18.3 Å². The summed E-state index contributed by atoms with van der Waals surface area (Å²) in [5, 5.41) is 3.44. The van der Waals surface area contributed by atoms with Crippen molar-refractivity contribution in [2.24, 2.45) is 5.84 Å². The first-order valence-corrected chi connectivity index (χ1v) is 9.40. The van der Waals surface area contributed by atoms with Crippen LogP contribution in [0.25, 0.3) is 11.3 Å². The number of hydrogen-bond acceptors (Lipinski definition) is 6. The van der Waals surface area contributed by atoms with Crippen LogP contribution in [0.1, 0.15) is 23.2 Å². The number of nitrogens with two attached hydrogens (primary N) is 1. The highest BCUT2D eigenvalue weighted by molar-refractivity contribution is 7.14. The van der Waals surface area contributed by atoms with E-state index in [9.17, 15) is 4.79 Å². The number of hydrogen-bond donors (Lipinski definition) is 1. The molecule has 1 aliphatic heterocycles. The Hall–Kier alpha value is -2.77. The molecule has 0 aliphatic carbocycles. The molecule has 2 aromatic heterocycles. The molecule has 3 heterocycles. The number of pyridine rings is 1. The summed E-state index contributed by atoms with van der Waals surface area (Å²) in [7, 11) is 0. The third kappa shape index (κ3) is 3.31. The zero-order valence-corrected chi connectivity index (χ0v) is 15.0. The number of aromatic nitrogens is 2. The fourth-order valence-electron chi connectivity index (χ4n) is 3.04. The van der Waals surface area contributed by atoms with Crippen molar-refractivity contribution in [3.05, 3.63) is 59.7 Å². The minimum absolute atomic E-state index is 0.330. The van der Waals surface area contributed by atoms with Crippen LogP contribution >= 0.6 is 11.3 Å². The molecule has 26 heavy (non-hydrogen) atoms. The van der Waals surface area contributed by atoms with Gasteiger partial charge >= 0.3 is 0 Å². The van der Waals surface area contributed by atoms with Crippen LogP contribution in [0.5, 0.6) is 0 Å². The highest BCUT2D eigenvalue weighted by Gasteiger charge is 2.18. The third-order valence-corrected chi connectivity index (χ3v) is 5.30. The normalized spacial score (nSPS) is 13.8. The van der Waals surface area contributed by atoms with Crippen LogP contribution in [0, 0.1) is 0 Å². The first-order chi connectivity index (χ1) is 12.7. The number of carbonyl (C=O) groups excluding carboxylic acids is 1. The monoisotopic (exact) mass is 365 g/mol. The molecule has 6 nitrogen and oxygen atoms in total. The molecule has 0 saturated carbocycles. The summed E-state index contributed by atoms with van der Waals surface area (Å²) in [4.78, 5) is 23.3. The van der Waals surface area contributed by atoms with E-state index in [0.717, 1.165) is 29.4 Å². The Morgan fingerprint density at radius 2 is 1.92 bits per heavy atom. The van der Waals surface area contributed by atoms with Gasteiger partial charge in [-0.05, 0) is 37.1 Å². The number of anilines is 2. The van der Waals surface area contributed by atoms with Crippen LogP contribution in [0.2, 0.25) is 0 Å². The molecule has 0 atom stereocenters. The molecule has 1 fully saturated rings. The number of thiazole rings is 1. The largest absolute Gasteiger partial charge is 0.372 e. The quantitative estimate of drug-likeness (QED) is 0.436. The molecule has 1 amide bonds. The van der Waals surface area contributed by atoms with Gasteiger partial charge in [-0.1, -0.05) is 12.1 Å². The van der Waals surface area contributed by atoms with Crippen molar-refractivity contribution >= 4 is 28.1 Å². The summed E-state index contributed by atoms with van der Waals surface area (Å²) >= 11 is 1.34. The van der Waals surface area contributed by atoms with Crippen LogP contribution in [-0.4, -0.2) is 29.0 Å². The van der Waals surface area contributed by atoms with Crippen molar-refractivity contribution in [3.8, 4) is 11.3 Å². The van der Waals surface area contributed by atoms with Crippen LogP contribution in [0.3, 0.4) is 0 Å². The van der Waals surface area contributed by atoms with Crippen molar-refractivity contribution in [2.45, 2.75) is 12.8 Å². The van der Waals surface area contributed by atoms with Crippen molar-refractivity contribution in [3.63, 3.8) is 0 Å². The summed E-state index contributed by atoms with van der Waals surface area (Å²) in [6.07, 6.45) is 5.63. The molecule has 0 bridgehead atoms. The second-order valence-corrected chi connectivity index (χ2v) is 7.01. The number of hydrazine groups is 1. The van der Waals surface area contributed by atoms with Gasteiger partial charge in [-0.15, -0.1) is 11.3 Å². The Kier molecular flexibility index (Phi) is 4.64. The zero-order valence-electron chi connectivity index (χ0n) is 14.2. The number of carbonyl (C=O) groups is 1. The molecule has 0 radical (unpaired) electrons. The van der Waals surface area contributed by atoms with Crippen molar-refractivity contribution < 1.29 is 4.79 Å². The molecule has 1 aliphatic rings. The maximum Gasteiger partial charge on any atom is 0.276 e. The summed E-state index contributed by atoms with van der Waals surface area (Å²) in [6, 6.07) is 11.8. The van der Waals surface area contributed by atoms with Crippen LogP contribution in [-0.2, 0) is 0 Å². The minimum atomic E-state index is -0.330. The van der Waals surface area contributed by atoms with Gasteiger partial charge in [-0.3, -0.25) is 9.78 Å². The van der Waals surface area contributed by atoms with E-state index in [-0.39, 0.29) is 5.91 Å². The topological polar surface area (TPSA) is 75.3 Å². The third-order valence-electron chi connectivity index (χ3n) is 4.46. The molecule has 4 rings (SSSR count). The zero-order chi connectivity index (χ0) is 17.9. The summed E-state index contributed by atoms with van der Waals surface area (Å²) < 4.78 is 0. The van der Waals surface area contributed by atoms with E-state index >= 15 is 0 Å². The predicted molar refractivity (Wildman–Crippen MR) is 104 cm³/mol. The highest BCUT2D eigenvalue weighted by Crippen LogP contribution is 2.29. The van der Waals surface area contributed by atoms with Gasteiger partial charge in [0.1, 0.15) is 0 Å². The maximum atomic E-state index is 12.4. The van der Waals surface area contributed by atoms with E-state index in [4.69, 9.17) is 5.84 Å². The Morgan fingerprint density at radius 3 is 2.62 bits per heavy atom. The first-order valence-electron chi connectivity index (χ1n) is 8.52. The number of rotatable bonds is 4. The smallest absolute Gasteiger partial charge is 0.276 e. The van der Waals surface area contributed by atoms with Gasteiger partial charge in [0.2, 0.25) is 5.13 Å². The molecular weight excluding hydrogens is 346 g/mol. The lowest BCUT2D eigenvalue weighted by molar-refractivity contribution is 0.0986. The molecule has 0 unspecified atom stereocenters. The van der Waals surface area contributed by atoms with Gasteiger partial charge in [0.05, 0.1) is 11.3 Å². The predicted octanol–water partition coefficient (Wildman–Crippen LogP) is 3.33. The Labute approximate surface area is 155 Å². The number of nitrogens with zero attached hydrogens (tertiary/aromatic N) is 4. The van der Waals surface area contributed by atoms with Crippen LogP contribution in [0.4, 0.5) is 10.8 Å². The molecular formula is C19H19N5OS. The Bertz CT molecular complexity index is 888. The molecule has 3 aromatic rings. The van der Waals surface area contributed by atoms with Gasteiger partial charge in [0.25, 0.3) is 5.91 Å². The van der Waals surface area contributed by atoms with Gasteiger partial charge in [-0.2, -0.15) is 0 Å². The number of amides is 1. The fraction of sp³-hybridized carbons (Fsp3) is 0.211. The lowest BCUT2D eigenvalue weighted by atomic mass is 10.1.